The van der Waals surface area contributed by atoms with E-state index in [1.807, 2.05) is 32.0 Å². The van der Waals surface area contributed by atoms with E-state index in [4.69, 9.17) is 0 Å². The summed E-state index contributed by atoms with van der Waals surface area (Å²) in [6.45, 7) is 4.13. The Morgan fingerprint density at radius 2 is 2.24 bits per heavy atom. The fourth-order valence-corrected chi connectivity index (χ4v) is 1.84. The van der Waals surface area contributed by atoms with Gasteiger partial charge in [0.2, 0.25) is 0 Å². The van der Waals surface area contributed by atoms with E-state index in [1.54, 1.807) is 6.20 Å². The van der Waals surface area contributed by atoms with Gasteiger partial charge in [-0.05, 0) is 25.5 Å². The van der Waals surface area contributed by atoms with Gasteiger partial charge in [-0.15, -0.1) is 0 Å². The van der Waals surface area contributed by atoms with Crippen molar-refractivity contribution in [2.45, 2.75) is 26.2 Å². The summed E-state index contributed by atoms with van der Waals surface area (Å²) < 4.78 is 0. The molecule has 0 radical (unpaired) electrons. The molecule has 90 valence electrons. The second kappa shape index (κ2) is 5.10. The normalized spacial score (nSPS) is 12.6. The molecule has 2 aromatic rings. The molecule has 0 spiro atoms. The van der Waals surface area contributed by atoms with Gasteiger partial charge in [0.1, 0.15) is 11.5 Å². The predicted octanol–water partition coefficient (Wildman–Crippen LogP) is 2.27. The Balaban J connectivity index is 2.37. The second-order valence-corrected chi connectivity index (χ2v) is 4.10. The molecule has 2 N–H and O–H groups in total. The molecule has 2 rings (SSSR count). The Morgan fingerprint density at radius 3 is 2.82 bits per heavy atom. The van der Waals surface area contributed by atoms with Gasteiger partial charge in [0.15, 0.2) is 0 Å². The van der Waals surface area contributed by atoms with Gasteiger partial charge in [-0.2, -0.15) is 0 Å². The summed E-state index contributed by atoms with van der Waals surface area (Å²) in [6, 6.07) is 5.77. The minimum Gasteiger partial charge on any atom is -0.396 e. The number of nitrogens with zero attached hydrogens (tertiary/aromatic N) is 2. The number of hydrogen-bond acceptors (Lipinski definition) is 3. The summed E-state index contributed by atoms with van der Waals surface area (Å²) in [7, 11) is 0. The van der Waals surface area contributed by atoms with Crippen molar-refractivity contribution < 1.29 is 5.11 Å². The van der Waals surface area contributed by atoms with Crippen molar-refractivity contribution in [1.29, 1.82) is 0 Å². The number of pyridine rings is 1. The SMILES string of the molecule is CCC(CO)c1nc(-c2ccccn2)c(C)[nH]1. The number of nitrogens with one attached hydrogen (secondary N) is 1. The third-order valence-corrected chi connectivity index (χ3v) is 2.91. The molecule has 0 aliphatic rings. The standard InChI is InChI=1S/C13H17N3O/c1-3-10(8-17)13-15-9(2)12(16-13)11-6-4-5-7-14-11/h4-7,10,17H,3,8H2,1-2H3,(H,15,16). The lowest BCUT2D eigenvalue weighted by molar-refractivity contribution is 0.258. The molecule has 0 amide bonds. The number of hydrogen-bond donors (Lipinski definition) is 2. The predicted molar refractivity (Wildman–Crippen MR) is 66.7 cm³/mol. The monoisotopic (exact) mass is 231 g/mol. The Bertz CT molecular complexity index is 475. The van der Waals surface area contributed by atoms with Gasteiger partial charge in [0, 0.05) is 17.8 Å². The van der Waals surface area contributed by atoms with Crippen molar-refractivity contribution in [3.63, 3.8) is 0 Å². The Hall–Kier alpha value is -1.68. The van der Waals surface area contributed by atoms with Gasteiger partial charge in [0.25, 0.3) is 0 Å². The van der Waals surface area contributed by atoms with Crippen LogP contribution in [0.1, 0.15) is 30.8 Å². The highest BCUT2D eigenvalue weighted by Gasteiger charge is 2.15. The molecule has 0 aliphatic carbocycles. The quantitative estimate of drug-likeness (QED) is 0.848. The molecule has 4 heteroatoms. The minimum absolute atomic E-state index is 0.0752. The second-order valence-electron chi connectivity index (χ2n) is 4.10. The summed E-state index contributed by atoms with van der Waals surface area (Å²) in [5.41, 5.74) is 2.72. The smallest absolute Gasteiger partial charge is 0.112 e. The number of aryl methyl sites for hydroxylation is 1. The lowest BCUT2D eigenvalue weighted by atomic mass is 10.1. The first-order valence-corrected chi connectivity index (χ1v) is 5.85. The van der Waals surface area contributed by atoms with Crippen LogP contribution >= 0.6 is 0 Å². The number of aliphatic hydroxyl groups is 1. The fraction of sp³-hybridized carbons (Fsp3) is 0.385. The molecular weight excluding hydrogens is 214 g/mol. The van der Waals surface area contributed by atoms with Crippen LogP contribution in [-0.4, -0.2) is 26.7 Å². The molecule has 0 saturated carbocycles. The Labute approximate surface area is 101 Å². The van der Waals surface area contributed by atoms with E-state index in [2.05, 4.69) is 15.0 Å². The summed E-state index contributed by atoms with van der Waals surface area (Å²) in [5.74, 6) is 0.916. The highest BCUT2D eigenvalue weighted by Crippen LogP contribution is 2.23. The van der Waals surface area contributed by atoms with E-state index >= 15 is 0 Å². The van der Waals surface area contributed by atoms with Crippen molar-refractivity contribution in [2.24, 2.45) is 0 Å². The first-order valence-electron chi connectivity index (χ1n) is 5.85. The lowest BCUT2D eigenvalue weighted by Gasteiger charge is -2.06. The van der Waals surface area contributed by atoms with Crippen LogP contribution in [0.25, 0.3) is 11.4 Å². The molecule has 0 aromatic carbocycles. The molecular formula is C13H17N3O. The zero-order chi connectivity index (χ0) is 12.3. The number of aliphatic hydroxyl groups excluding tert-OH is 1. The number of imidazole rings is 1. The van der Waals surface area contributed by atoms with Crippen molar-refractivity contribution in [3.8, 4) is 11.4 Å². The van der Waals surface area contributed by atoms with Crippen LogP contribution in [-0.2, 0) is 0 Å². The van der Waals surface area contributed by atoms with Gasteiger partial charge < -0.3 is 10.1 Å². The fourth-order valence-electron chi connectivity index (χ4n) is 1.84. The molecule has 0 aliphatic heterocycles. The topological polar surface area (TPSA) is 61.8 Å². The van der Waals surface area contributed by atoms with Gasteiger partial charge in [-0.25, -0.2) is 4.98 Å². The first kappa shape index (κ1) is 11.8. The number of rotatable bonds is 4. The zero-order valence-electron chi connectivity index (χ0n) is 10.1. The highest BCUT2D eigenvalue weighted by atomic mass is 16.3. The molecule has 2 heterocycles. The molecule has 0 fully saturated rings. The maximum Gasteiger partial charge on any atom is 0.112 e. The summed E-state index contributed by atoms with van der Waals surface area (Å²) in [5, 5.41) is 9.27. The van der Waals surface area contributed by atoms with Crippen LogP contribution in [0.5, 0.6) is 0 Å². The summed E-state index contributed by atoms with van der Waals surface area (Å²) >= 11 is 0. The third kappa shape index (κ3) is 2.36. The number of aromatic amines is 1. The van der Waals surface area contributed by atoms with Crippen LogP contribution in [0, 0.1) is 6.92 Å². The Morgan fingerprint density at radius 1 is 1.41 bits per heavy atom. The van der Waals surface area contributed by atoms with E-state index in [-0.39, 0.29) is 12.5 Å². The lowest BCUT2D eigenvalue weighted by Crippen LogP contribution is -2.04. The van der Waals surface area contributed by atoms with Crippen molar-refractivity contribution in [1.82, 2.24) is 15.0 Å². The van der Waals surface area contributed by atoms with Crippen molar-refractivity contribution >= 4 is 0 Å². The van der Waals surface area contributed by atoms with E-state index in [1.165, 1.54) is 0 Å². The van der Waals surface area contributed by atoms with Crippen molar-refractivity contribution in [3.05, 3.63) is 35.9 Å². The zero-order valence-corrected chi connectivity index (χ0v) is 10.1. The molecule has 4 nitrogen and oxygen atoms in total. The van der Waals surface area contributed by atoms with Gasteiger partial charge in [-0.1, -0.05) is 13.0 Å². The van der Waals surface area contributed by atoms with Gasteiger partial charge >= 0.3 is 0 Å². The first-order chi connectivity index (χ1) is 8.26. The average molecular weight is 231 g/mol. The maximum absolute atomic E-state index is 9.27. The van der Waals surface area contributed by atoms with Crippen molar-refractivity contribution in [2.75, 3.05) is 6.61 Å². The largest absolute Gasteiger partial charge is 0.396 e. The van der Waals surface area contributed by atoms with Gasteiger partial charge in [-0.3, -0.25) is 4.98 Å². The average Bonchev–Trinajstić information content (AvgIpc) is 2.74. The van der Waals surface area contributed by atoms with Crippen LogP contribution in [0.4, 0.5) is 0 Å². The van der Waals surface area contributed by atoms with E-state index in [0.717, 1.165) is 29.3 Å². The minimum atomic E-state index is 0.0752. The molecule has 17 heavy (non-hydrogen) atoms. The summed E-state index contributed by atoms with van der Waals surface area (Å²) in [6.07, 6.45) is 2.62. The highest BCUT2D eigenvalue weighted by molar-refractivity contribution is 5.57. The molecule has 2 aromatic heterocycles. The summed E-state index contributed by atoms with van der Waals surface area (Å²) in [4.78, 5) is 12.1. The van der Waals surface area contributed by atoms with Crippen LogP contribution in [0.15, 0.2) is 24.4 Å². The number of aromatic nitrogens is 3. The van der Waals surface area contributed by atoms with Crippen LogP contribution < -0.4 is 0 Å². The number of H-pyrrole nitrogens is 1. The van der Waals surface area contributed by atoms with Crippen LogP contribution in [0.3, 0.4) is 0 Å². The van der Waals surface area contributed by atoms with E-state index in [9.17, 15) is 5.11 Å². The molecule has 1 atom stereocenters. The molecule has 0 saturated heterocycles. The van der Waals surface area contributed by atoms with E-state index < -0.39 is 0 Å². The molecule has 0 bridgehead atoms. The Kier molecular flexibility index (Phi) is 3.54. The maximum atomic E-state index is 9.27. The van der Waals surface area contributed by atoms with E-state index in [0.29, 0.717) is 0 Å². The van der Waals surface area contributed by atoms with Gasteiger partial charge in [0.05, 0.1) is 12.3 Å². The molecule has 1 unspecified atom stereocenters. The van der Waals surface area contributed by atoms with Crippen LogP contribution in [0.2, 0.25) is 0 Å². The third-order valence-electron chi connectivity index (χ3n) is 2.91.